The lowest BCUT2D eigenvalue weighted by Crippen LogP contribution is -2.34. The average molecular weight is 204 g/mol. The van der Waals surface area contributed by atoms with Crippen LogP contribution >= 0.6 is 0 Å². The Bertz CT molecular complexity index is 166. The summed E-state index contributed by atoms with van der Waals surface area (Å²) in [6.07, 6.45) is 0. The normalized spacial score (nSPS) is 8.50. The van der Waals surface area contributed by atoms with E-state index in [0.717, 1.165) is 0 Å². The van der Waals surface area contributed by atoms with Crippen molar-refractivity contribution in [2.45, 2.75) is 48.1 Å². The van der Waals surface area contributed by atoms with Crippen LogP contribution in [0.5, 0.6) is 0 Å². The predicted octanol–water partition coefficient (Wildman–Crippen LogP) is 1.93. The quantitative estimate of drug-likeness (QED) is 0.721. The summed E-state index contributed by atoms with van der Waals surface area (Å²) >= 11 is 0. The van der Waals surface area contributed by atoms with Gasteiger partial charge in [-0.25, -0.2) is 4.79 Å². The minimum atomic E-state index is -0.463. The molecule has 0 saturated carbocycles. The predicted molar refractivity (Wildman–Crippen MR) is 60.1 cm³/mol. The van der Waals surface area contributed by atoms with E-state index in [1.807, 2.05) is 27.7 Å². The Hall–Kier alpha value is -1.06. The summed E-state index contributed by atoms with van der Waals surface area (Å²) < 4.78 is 0. The van der Waals surface area contributed by atoms with Crippen molar-refractivity contribution in [3.8, 4) is 0 Å². The van der Waals surface area contributed by atoms with Crippen LogP contribution in [-0.4, -0.2) is 17.9 Å². The Kier molecular flexibility index (Phi) is 13.4. The summed E-state index contributed by atoms with van der Waals surface area (Å²) in [5.41, 5.74) is 4.74. The minimum absolute atomic E-state index is 0. The molecule has 0 atom stereocenters. The lowest BCUT2D eigenvalue weighted by atomic mass is 10.1. The number of urea groups is 1. The molecule has 0 spiro atoms. The van der Waals surface area contributed by atoms with Crippen LogP contribution in [-0.2, 0) is 4.79 Å². The minimum Gasteiger partial charge on any atom is -0.352 e. The number of hydrogen-bond donors (Lipinski definition) is 2. The Morgan fingerprint density at radius 3 is 1.43 bits per heavy atom. The van der Waals surface area contributed by atoms with Crippen molar-refractivity contribution in [3.05, 3.63) is 0 Å². The van der Waals surface area contributed by atoms with Gasteiger partial charge in [-0.3, -0.25) is 4.79 Å². The molecule has 2 amide bonds. The first kappa shape index (κ1) is 18.7. The van der Waals surface area contributed by atoms with E-state index >= 15 is 0 Å². The van der Waals surface area contributed by atoms with E-state index in [0.29, 0.717) is 0 Å². The third-order valence-electron chi connectivity index (χ3n) is 1.24. The van der Waals surface area contributed by atoms with Crippen LogP contribution in [0.2, 0.25) is 0 Å². The summed E-state index contributed by atoms with van der Waals surface area (Å²) in [4.78, 5) is 20.1. The molecule has 4 nitrogen and oxygen atoms in total. The van der Waals surface area contributed by atoms with Crippen molar-refractivity contribution >= 4 is 11.8 Å². The number of Topliss-reactive ketones (excluding diaryl/α,β-unsaturated/α-hetero) is 1. The van der Waals surface area contributed by atoms with E-state index in [-0.39, 0.29) is 25.2 Å². The molecule has 0 aliphatic heterocycles. The van der Waals surface area contributed by atoms with Crippen LogP contribution in [0.15, 0.2) is 0 Å². The molecule has 0 saturated heterocycles. The van der Waals surface area contributed by atoms with Crippen LogP contribution in [0.3, 0.4) is 0 Å². The fourth-order valence-corrected chi connectivity index (χ4v) is 0.285. The topological polar surface area (TPSA) is 72.2 Å². The Labute approximate surface area is 87.2 Å². The molecule has 3 N–H and O–H groups in total. The van der Waals surface area contributed by atoms with Crippen LogP contribution < -0.4 is 11.1 Å². The second kappa shape index (κ2) is 10.0. The average Bonchev–Trinajstić information content (AvgIpc) is 1.84. The zero-order chi connectivity index (χ0) is 11.0. The molecule has 0 fully saturated rings. The second-order valence-corrected chi connectivity index (χ2v) is 3.43. The third-order valence-corrected chi connectivity index (χ3v) is 1.24. The lowest BCUT2D eigenvalue weighted by molar-refractivity contribution is -0.119. The van der Waals surface area contributed by atoms with Crippen LogP contribution in [0.4, 0.5) is 4.79 Å². The van der Waals surface area contributed by atoms with Gasteiger partial charge in [-0.2, -0.15) is 0 Å². The highest BCUT2D eigenvalue weighted by Crippen LogP contribution is 1.89. The van der Waals surface area contributed by atoms with Gasteiger partial charge in [0.25, 0.3) is 0 Å². The molecule has 0 radical (unpaired) electrons. The number of carbonyl (C=O) groups is 2. The zero-order valence-electron chi connectivity index (χ0n) is 9.05. The number of amides is 2. The van der Waals surface area contributed by atoms with Crippen molar-refractivity contribution < 1.29 is 9.59 Å². The Morgan fingerprint density at radius 1 is 1.14 bits per heavy atom. The summed E-state index contributed by atoms with van der Waals surface area (Å²) in [5, 5.41) is 2.44. The van der Waals surface area contributed by atoms with E-state index in [2.05, 4.69) is 5.32 Å². The van der Waals surface area contributed by atoms with E-state index in [1.165, 1.54) is 0 Å². The zero-order valence-corrected chi connectivity index (χ0v) is 9.05. The number of hydrogen-bond acceptors (Lipinski definition) is 2. The van der Waals surface area contributed by atoms with Gasteiger partial charge in [0.2, 0.25) is 0 Å². The highest BCUT2D eigenvalue weighted by molar-refractivity contribution is 5.77. The van der Waals surface area contributed by atoms with E-state index in [1.54, 1.807) is 6.92 Å². The number of nitrogens with one attached hydrogen (secondary N) is 1. The van der Waals surface area contributed by atoms with Gasteiger partial charge in [-0.05, 0) is 20.8 Å². The van der Waals surface area contributed by atoms with Crippen molar-refractivity contribution in [2.24, 2.45) is 11.7 Å². The van der Waals surface area contributed by atoms with Crippen LogP contribution in [0.25, 0.3) is 0 Å². The van der Waals surface area contributed by atoms with Gasteiger partial charge in [-0.15, -0.1) is 0 Å². The van der Waals surface area contributed by atoms with Crippen LogP contribution in [0, 0.1) is 5.92 Å². The monoisotopic (exact) mass is 204 g/mol. The summed E-state index contributed by atoms with van der Waals surface area (Å²) in [7, 11) is 0. The molecular weight excluding hydrogens is 180 g/mol. The first-order valence-electron chi connectivity index (χ1n) is 4.33. The SMILES string of the molecule is C.CC(=O)C(C)C.CC(C)NC(N)=O. The van der Waals surface area contributed by atoms with Gasteiger partial charge in [0.1, 0.15) is 5.78 Å². The smallest absolute Gasteiger partial charge is 0.312 e. The molecule has 0 aromatic rings. The van der Waals surface area contributed by atoms with Gasteiger partial charge in [-0.1, -0.05) is 21.3 Å². The van der Waals surface area contributed by atoms with E-state index in [9.17, 15) is 9.59 Å². The van der Waals surface area contributed by atoms with Gasteiger partial charge in [0.05, 0.1) is 0 Å². The van der Waals surface area contributed by atoms with Crippen LogP contribution in [0.1, 0.15) is 42.0 Å². The molecule has 0 aliphatic carbocycles. The molecule has 0 aromatic carbocycles. The molecule has 0 bridgehead atoms. The molecular formula is C10H24N2O2. The summed E-state index contributed by atoms with van der Waals surface area (Å²) in [6.45, 7) is 9.09. The fourth-order valence-electron chi connectivity index (χ4n) is 0.285. The van der Waals surface area contributed by atoms with Crippen molar-refractivity contribution in [1.82, 2.24) is 5.32 Å². The molecule has 0 aliphatic rings. The van der Waals surface area contributed by atoms with Crippen molar-refractivity contribution in [2.75, 3.05) is 0 Å². The summed E-state index contributed by atoms with van der Waals surface area (Å²) in [5.74, 6) is 0.472. The number of rotatable bonds is 2. The Balaban J connectivity index is -0.000000163. The maximum atomic E-state index is 10.1. The molecule has 14 heavy (non-hydrogen) atoms. The van der Waals surface area contributed by atoms with E-state index in [4.69, 9.17) is 5.73 Å². The van der Waals surface area contributed by atoms with Crippen molar-refractivity contribution in [1.29, 1.82) is 0 Å². The Morgan fingerprint density at radius 2 is 1.43 bits per heavy atom. The number of carbonyl (C=O) groups excluding carboxylic acids is 2. The number of nitrogens with two attached hydrogens (primary N) is 1. The molecule has 0 unspecified atom stereocenters. The first-order valence-corrected chi connectivity index (χ1v) is 4.33. The maximum absolute atomic E-state index is 10.1. The van der Waals surface area contributed by atoms with Gasteiger partial charge in [0, 0.05) is 12.0 Å². The van der Waals surface area contributed by atoms with Gasteiger partial charge >= 0.3 is 6.03 Å². The number of ketones is 1. The highest BCUT2D eigenvalue weighted by Gasteiger charge is 1.95. The highest BCUT2D eigenvalue weighted by atomic mass is 16.2. The molecule has 0 aromatic heterocycles. The molecule has 0 rings (SSSR count). The first-order chi connectivity index (χ1) is 5.77. The lowest BCUT2D eigenvalue weighted by Gasteiger charge is -2.01. The fraction of sp³-hybridized carbons (Fsp3) is 0.800. The van der Waals surface area contributed by atoms with E-state index < -0.39 is 6.03 Å². The number of primary amides is 1. The van der Waals surface area contributed by atoms with Gasteiger partial charge < -0.3 is 11.1 Å². The molecule has 86 valence electrons. The summed E-state index contributed by atoms with van der Waals surface area (Å²) in [6, 6.07) is -0.312. The van der Waals surface area contributed by atoms with Crippen molar-refractivity contribution in [3.63, 3.8) is 0 Å². The second-order valence-electron chi connectivity index (χ2n) is 3.43. The molecule has 4 heteroatoms. The van der Waals surface area contributed by atoms with Gasteiger partial charge in [0.15, 0.2) is 0 Å². The maximum Gasteiger partial charge on any atom is 0.312 e. The third kappa shape index (κ3) is 22.4. The largest absolute Gasteiger partial charge is 0.352 e. The molecule has 0 heterocycles. The standard InChI is InChI=1S/C5H10O.C4H10N2O.CH4/c1-4(2)5(3)6;1-3(2)6-4(5)7;/h4H,1-3H3;3H,1-2H3,(H3,5,6,7);1H4.